The summed E-state index contributed by atoms with van der Waals surface area (Å²) < 4.78 is 0.309. The summed E-state index contributed by atoms with van der Waals surface area (Å²) >= 11 is 7.53. The monoisotopic (exact) mass is 298 g/mol. The van der Waals surface area contributed by atoms with Gasteiger partial charge < -0.3 is 0 Å². The van der Waals surface area contributed by atoms with E-state index in [4.69, 9.17) is 0 Å². The molecule has 0 aliphatic carbocycles. The van der Waals surface area contributed by atoms with Gasteiger partial charge in [0.1, 0.15) is 0 Å². The Morgan fingerprint density at radius 3 is 1.08 bits per heavy atom. The second-order valence-corrected chi connectivity index (χ2v) is 8.60. The van der Waals surface area contributed by atoms with Crippen LogP contribution in [0.2, 0.25) is 0 Å². The average molecular weight is 300 g/mol. The summed E-state index contributed by atoms with van der Waals surface area (Å²) in [6.45, 7) is 13.5. The third kappa shape index (κ3) is 2.25. The van der Waals surface area contributed by atoms with E-state index in [9.17, 15) is 0 Å². The largest absolute Gasteiger partial charge is 0.0853 e. The highest BCUT2D eigenvalue weighted by molar-refractivity contribution is 9.10. The Hall–Kier alpha value is 0.960. The summed E-state index contributed by atoms with van der Waals surface area (Å²) in [5, 5.41) is 0. The fourth-order valence-corrected chi connectivity index (χ4v) is 3.37. The molecular formula is C10H20Br2. The standard InChI is InChI=1S/C10H20Br2/c1-7-10(6,8(2,3)11)9(4,5)12/h7H2,1-6H3. The van der Waals surface area contributed by atoms with E-state index in [0.29, 0.717) is 0 Å². The molecule has 2 heteroatoms. The van der Waals surface area contributed by atoms with Gasteiger partial charge in [0, 0.05) is 8.65 Å². The Morgan fingerprint density at radius 2 is 1.08 bits per heavy atom. The summed E-state index contributed by atoms with van der Waals surface area (Å²) in [7, 11) is 0. The van der Waals surface area contributed by atoms with Crippen LogP contribution in [-0.2, 0) is 0 Å². The zero-order valence-corrected chi connectivity index (χ0v) is 12.1. The van der Waals surface area contributed by atoms with Crippen molar-refractivity contribution in [3.8, 4) is 0 Å². The number of hydrogen-bond acceptors (Lipinski definition) is 0. The molecule has 0 spiro atoms. The molecule has 0 aliphatic heterocycles. The first-order valence-corrected chi connectivity index (χ1v) is 6.02. The lowest BCUT2D eigenvalue weighted by Crippen LogP contribution is -2.48. The molecule has 0 saturated heterocycles. The minimum atomic E-state index is 0.155. The number of hydrogen-bond donors (Lipinski definition) is 0. The molecule has 74 valence electrons. The first-order chi connectivity index (χ1) is 5.06. The number of halogens is 2. The molecule has 0 nitrogen and oxygen atoms in total. The van der Waals surface area contributed by atoms with Crippen LogP contribution in [0.1, 0.15) is 48.0 Å². The van der Waals surface area contributed by atoms with Gasteiger partial charge in [-0.05, 0) is 39.5 Å². The Bertz CT molecular complexity index is 134. The van der Waals surface area contributed by atoms with Crippen LogP contribution in [0.25, 0.3) is 0 Å². The summed E-state index contributed by atoms with van der Waals surface area (Å²) in [5.41, 5.74) is 0.250. The van der Waals surface area contributed by atoms with Gasteiger partial charge in [-0.25, -0.2) is 0 Å². The Labute approximate surface area is 93.8 Å². The van der Waals surface area contributed by atoms with Crippen molar-refractivity contribution >= 4 is 31.9 Å². The van der Waals surface area contributed by atoms with Crippen molar-refractivity contribution in [1.29, 1.82) is 0 Å². The molecule has 0 amide bonds. The van der Waals surface area contributed by atoms with Gasteiger partial charge in [0.15, 0.2) is 0 Å². The maximum Gasteiger partial charge on any atom is 0.0268 e. The van der Waals surface area contributed by atoms with Gasteiger partial charge in [-0.15, -0.1) is 0 Å². The summed E-state index contributed by atoms with van der Waals surface area (Å²) in [6, 6.07) is 0. The van der Waals surface area contributed by atoms with Crippen LogP contribution < -0.4 is 0 Å². The molecule has 0 bridgehead atoms. The van der Waals surface area contributed by atoms with Crippen molar-refractivity contribution in [3.63, 3.8) is 0 Å². The summed E-state index contributed by atoms with van der Waals surface area (Å²) in [4.78, 5) is 0. The van der Waals surface area contributed by atoms with Crippen molar-refractivity contribution in [2.24, 2.45) is 5.41 Å². The molecule has 12 heavy (non-hydrogen) atoms. The number of alkyl halides is 2. The van der Waals surface area contributed by atoms with E-state index < -0.39 is 0 Å². The van der Waals surface area contributed by atoms with E-state index in [-0.39, 0.29) is 14.1 Å². The van der Waals surface area contributed by atoms with Crippen LogP contribution in [0.5, 0.6) is 0 Å². The topological polar surface area (TPSA) is 0 Å². The summed E-state index contributed by atoms with van der Waals surface area (Å²) in [6.07, 6.45) is 1.16. The molecule has 0 aromatic carbocycles. The van der Waals surface area contributed by atoms with Gasteiger partial charge in [0.25, 0.3) is 0 Å². The lowest BCUT2D eigenvalue weighted by atomic mass is 9.68. The maximum absolute atomic E-state index is 3.77. The van der Waals surface area contributed by atoms with Crippen molar-refractivity contribution in [2.75, 3.05) is 0 Å². The molecule has 0 aliphatic rings. The highest BCUT2D eigenvalue weighted by Crippen LogP contribution is 2.52. The highest BCUT2D eigenvalue weighted by atomic mass is 79.9. The molecule has 0 N–H and O–H groups in total. The van der Waals surface area contributed by atoms with E-state index in [2.05, 4.69) is 73.4 Å². The Balaban J connectivity index is 4.95. The van der Waals surface area contributed by atoms with E-state index >= 15 is 0 Å². The predicted molar refractivity (Wildman–Crippen MR) is 64.4 cm³/mol. The van der Waals surface area contributed by atoms with Crippen LogP contribution in [0, 0.1) is 5.41 Å². The van der Waals surface area contributed by atoms with Crippen LogP contribution in [0.3, 0.4) is 0 Å². The molecule has 0 aromatic rings. The molecule has 0 heterocycles. The highest BCUT2D eigenvalue weighted by Gasteiger charge is 2.47. The minimum absolute atomic E-state index is 0.155. The lowest BCUT2D eigenvalue weighted by molar-refractivity contribution is 0.191. The minimum Gasteiger partial charge on any atom is -0.0853 e. The maximum atomic E-state index is 3.77. The smallest absolute Gasteiger partial charge is 0.0268 e. The zero-order valence-electron chi connectivity index (χ0n) is 8.96. The van der Waals surface area contributed by atoms with Crippen molar-refractivity contribution in [2.45, 2.75) is 56.6 Å². The fraction of sp³-hybridized carbons (Fsp3) is 1.00. The third-order valence-corrected chi connectivity index (χ3v) is 5.08. The van der Waals surface area contributed by atoms with Gasteiger partial charge in [0.05, 0.1) is 0 Å². The van der Waals surface area contributed by atoms with E-state index in [1.54, 1.807) is 0 Å². The van der Waals surface area contributed by atoms with Crippen LogP contribution in [0.4, 0.5) is 0 Å². The molecule has 0 saturated carbocycles. The molecule has 0 radical (unpaired) electrons. The average Bonchev–Trinajstić information content (AvgIpc) is 1.81. The van der Waals surface area contributed by atoms with Crippen molar-refractivity contribution in [1.82, 2.24) is 0 Å². The first-order valence-electron chi connectivity index (χ1n) is 4.44. The van der Waals surface area contributed by atoms with Crippen LogP contribution in [0.15, 0.2) is 0 Å². The molecule has 0 atom stereocenters. The zero-order chi connectivity index (χ0) is 10.2. The number of rotatable bonds is 3. The quantitative estimate of drug-likeness (QED) is 0.660. The van der Waals surface area contributed by atoms with Crippen LogP contribution >= 0.6 is 31.9 Å². The first kappa shape index (κ1) is 13.0. The molecule has 0 fully saturated rings. The normalized spacial score (nSPS) is 15.0. The van der Waals surface area contributed by atoms with Gasteiger partial charge in [-0.3, -0.25) is 0 Å². The van der Waals surface area contributed by atoms with Gasteiger partial charge in [0.2, 0.25) is 0 Å². The SMILES string of the molecule is CCC(C)(C(C)(C)Br)C(C)(C)Br. The molecule has 0 unspecified atom stereocenters. The van der Waals surface area contributed by atoms with Gasteiger partial charge >= 0.3 is 0 Å². The van der Waals surface area contributed by atoms with Gasteiger partial charge in [-0.1, -0.05) is 45.7 Å². The van der Waals surface area contributed by atoms with E-state index in [1.807, 2.05) is 0 Å². The van der Waals surface area contributed by atoms with E-state index in [1.165, 1.54) is 0 Å². The second kappa shape index (κ2) is 3.61. The van der Waals surface area contributed by atoms with Crippen molar-refractivity contribution < 1.29 is 0 Å². The third-order valence-electron chi connectivity index (χ3n) is 3.33. The molecular weight excluding hydrogens is 280 g/mol. The fourth-order valence-electron chi connectivity index (χ4n) is 1.55. The Kier molecular flexibility index (Phi) is 3.89. The second-order valence-electron chi connectivity index (χ2n) is 4.63. The van der Waals surface area contributed by atoms with Crippen LogP contribution in [-0.4, -0.2) is 8.65 Å². The van der Waals surface area contributed by atoms with Crippen molar-refractivity contribution in [3.05, 3.63) is 0 Å². The van der Waals surface area contributed by atoms with Gasteiger partial charge in [-0.2, -0.15) is 0 Å². The lowest BCUT2D eigenvalue weighted by Gasteiger charge is -2.48. The molecule has 0 aromatic heterocycles. The predicted octanol–water partition coefficient (Wildman–Crippen LogP) is 4.75. The summed E-state index contributed by atoms with van der Waals surface area (Å²) in [5.74, 6) is 0. The molecule has 0 rings (SSSR count). The van der Waals surface area contributed by atoms with E-state index in [0.717, 1.165) is 6.42 Å². The Morgan fingerprint density at radius 1 is 0.833 bits per heavy atom.